The number of piperidine rings is 1. The van der Waals surface area contributed by atoms with Crippen LogP contribution >= 0.6 is 0 Å². The highest BCUT2D eigenvalue weighted by molar-refractivity contribution is 5.76. The summed E-state index contributed by atoms with van der Waals surface area (Å²) in [7, 11) is 0. The Morgan fingerprint density at radius 3 is 2.94 bits per heavy atom. The molecule has 1 aliphatic heterocycles. The second kappa shape index (κ2) is 8.48. The number of hydrogen-bond donors (Lipinski definition) is 1. The Kier molecular flexibility index (Phi) is 7.21. The topological polar surface area (TPSA) is 55.6 Å². The molecular weight excluding hydrogens is 216 g/mol. The molecule has 0 radical (unpaired) electrons. The number of nitrogens with two attached hydrogens (primary N) is 1. The quantitative estimate of drug-likeness (QED) is 0.689. The molecule has 1 rings (SSSR count). The van der Waals surface area contributed by atoms with Gasteiger partial charge < -0.3 is 15.4 Å². The monoisotopic (exact) mass is 242 g/mol. The van der Waals surface area contributed by atoms with Gasteiger partial charge in [-0.2, -0.15) is 0 Å². The Hall–Kier alpha value is -0.610. The van der Waals surface area contributed by atoms with Crippen LogP contribution in [0.1, 0.15) is 45.4 Å². The molecule has 0 aromatic rings. The van der Waals surface area contributed by atoms with E-state index in [9.17, 15) is 4.79 Å². The van der Waals surface area contributed by atoms with E-state index in [-0.39, 0.29) is 12.0 Å². The van der Waals surface area contributed by atoms with Gasteiger partial charge in [0.15, 0.2) is 0 Å². The van der Waals surface area contributed by atoms with E-state index in [4.69, 9.17) is 10.5 Å². The molecule has 0 saturated carbocycles. The third-order valence-electron chi connectivity index (χ3n) is 3.23. The van der Waals surface area contributed by atoms with Crippen LogP contribution in [-0.2, 0) is 9.53 Å². The summed E-state index contributed by atoms with van der Waals surface area (Å²) in [6.07, 6.45) is 6.12. The Balaban J connectivity index is 2.21. The van der Waals surface area contributed by atoms with E-state index >= 15 is 0 Å². The zero-order valence-corrected chi connectivity index (χ0v) is 11.0. The van der Waals surface area contributed by atoms with Gasteiger partial charge in [0.25, 0.3) is 0 Å². The molecule has 4 nitrogen and oxygen atoms in total. The van der Waals surface area contributed by atoms with Crippen LogP contribution < -0.4 is 5.73 Å². The molecule has 1 fully saturated rings. The van der Waals surface area contributed by atoms with Crippen molar-refractivity contribution in [1.82, 2.24) is 4.90 Å². The summed E-state index contributed by atoms with van der Waals surface area (Å²) in [5.74, 6) is 0.284. The van der Waals surface area contributed by atoms with E-state index < -0.39 is 0 Å². The second-order valence-electron chi connectivity index (χ2n) is 4.66. The van der Waals surface area contributed by atoms with Gasteiger partial charge in [-0.1, -0.05) is 6.42 Å². The van der Waals surface area contributed by atoms with Crippen molar-refractivity contribution in [2.75, 3.05) is 26.2 Å². The molecule has 1 heterocycles. The predicted molar refractivity (Wildman–Crippen MR) is 68.8 cm³/mol. The Morgan fingerprint density at radius 2 is 2.24 bits per heavy atom. The van der Waals surface area contributed by atoms with Crippen LogP contribution in [0.2, 0.25) is 0 Å². The highest BCUT2D eigenvalue weighted by Crippen LogP contribution is 2.15. The first kappa shape index (κ1) is 14.5. The molecule has 1 aliphatic rings. The maximum Gasteiger partial charge on any atom is 0.222 e. The number of carbonyl (C=O) groups is 1. The minimum Gasteiger partial charge on any atom is -0.377 e. The lowest BCUT2D eigenvalue weighted by Crippen LogP contribution is -2.43. The smallest absolute Gasteiger partial charge is 0.222 e. The normalized spacial score (nSPS) is 20.6. The number of carbonyl (C=O) groups excluding carboxylic acids is 1. The van der Waals surface area contributed by atoms with E-state index in [0.717, 1.165) is 58.3 Å². The minimum absolute atomic E-state index is 0.252. The van der Waals surface area contributed by atoms with Crippen molar-refractivity contribution >= 4 is 5.91 Å². The lowest BCUT2D eigenvalue weighted by molar-refractivity contribution is -0.135. The number of ether oxygens (including phenoxy) is 1. The van der Waals surface area contributed by atoms with Gasteiger partial charge in [0, 0.05) is 26.1 Å². The number of rotatable bonds is 7. The van der Waals surface area contributed by atoms with Crippen molar-refractivity contribution in [2.24, 2.45) is 5.73 Å². The van der Waals surface area contributed by atoms with E-state index in [1.54, 1.807) is 0 Å². The Bertz CT molecular complexity index is 219. The largest absolute Gasteiger partial charge is 0.377 e. The molecule has 1 amide bonds. The molecule has 0 bridgehead atoms. The molecular formula is C13H26N2O2. The Morgan fingerprint density at radius 1 is 1.41 bits per heavy atom. The fourth-order valence-corrected chi connectivity index (χ4v) is 2.29. The van der Waals surface area contributed by atoms with Crippen LogP contribution in [0.3, 0.4) is 0 Å². The third kappa shape index (κ3) is 5.50. The minimum atomic E-state index is 0.252. The molecule has 2 N–H and O–H groups in total. The van der Waals surface area contributed by atoms with Gasteiger partial charge in [0.05, 0.1) is 6.10 Å². The van der Waals surface area contributed by atoms with E-state index in [1.165, 1.54) is 0 Å². The number of unbranched alkanes of at least 4 members (excludes halogenated alkanes) is 2. The molecule has 0 aromatic heterocycles. The molecule has 0 spiro atoms. The van der Waals surface area contributed by atoms with Crippen LogP contribution in [0.15, 0.2) is 0 Å². The SMILES string of the molecule is CCOC1CCCN(C(=O)CCCCCN)C1. The molecule has 1 atom stereocenters. The summed E-state index contributed by atoms with van der Waals surface area (Å²) in [6, 6.07) is 0. The van der Waals surface area contributed by atoms with Gasteiger partial charge >= 0.3 is 0 Å². The lowest BCUT2D eigenvalue weighted by Gasteiger charge is -2.32. The zero-order chi connectivity index (χ0) is 12.5. The number of amides is 1. The van der Waals surface area contributed by atoms with Crippen molar-refractivity contribution in [3.8, 4) is 0 Å². The molecule has 4 heteroatoms. The molecule has 0 aromatic carbocycles. The van der Waals surface area contributed by atoms with Gasteiger partial charge in [-0.15, -0.1) is 0 Å². The fraction of sp³-hybridized carbons (Fsp3) is 0.923. The first-order chi connectivity index (χ1) is 8.27. The maximum atomic E-state index is 12.0. The molecule has 17 heavy (non-hydrogen) atoms. The van der Waals surface area contributed by atoms with Crippen LogP contribution in [0.25, 0.3) is 0 Å². The van der Waals surface area contributed by atoms with Crippen molar-refractivity contribution in [3.63, 3.8) is 0 Å². The lowest BCUT2D eigenvalue weighted by atomic mass is 10.1. The fourth-order valence-electron chi connectivity index (χ4n) is 2.29. The van der Waals surface area contributed by atoms with Crippen molar-refractivity contribution in [3.05, 3.63) is 0 Å². The summed E-state index contributed by atoms with van der Waals surface area (Å²) in [4.78, 5) is 13.9. The van der Waals surface area contributed by atoms with E-state index in [1.807, 2.05) is 11.8 Å². The van der Waals surface area contributed by atoms with Crippen LogP contribution in [-0.4, -0.2) is 43.2 Å². The summed E-state index contributed by atoms with van der Waals surface area (Å²) in [5.41, 5.74) is 5.43. The van der Waals surface area contributed by atoms with Gasteiger partial charge in [-0.05, 0) is 39.2 Å². The number of likely N-dealkylation sites (tertiary alicyclic amines) is 1. The molecule has 0 aliphatic carbocycles. The average molecular weight is 242 g/mol. The first-order valence-electron chi connectivity index (χ1n) is 6.87. The second-order valence-corrected chi connectivity index (χ2v) is 4.66. The standard InChI is InChI=1S/C13H26N2O2/c1-2-17-12-7-6-10-15(11-12)13(16)8-4-3-5-9-14/h12H,2-11,14H2,1H3. The zero-order valence-electron chi connectivity index (χ0n) is 11.0. The van der Waals surface area contributed by atoms with Crippen LogP contribution in [0.4, 0.5) is 0 Å². The van der Waals surface area contributed by atoms with Gasteiger partial charge in [-0.25, -0.2) is 0 Å². The summed E-state index contributed by atoms with van der Waals surface area (Å²) in [5, 5.41) is 0. The van der Waals surface area contributed by atoms with E-state index in [0.29, 0.717) is 6.42 Å². The predicted octanol–water partition coefficient (Wildman–Crippen LogP) is 1.53. The molecule has 1 unspecified atom stereocenters. The molecule has 100 valence electrons. The van der Waals surface area contributed by atoms with Crippen molar-refractivity contribution in [2.45, 2.75) is 51.6 Å². The summed E-state index contributed by atoms with van der Waals surface area (Å²) >= 11 is 0. The van der Waals surface area contributed by atoms with Gasteiger partial charge in [0.2, 0.25) is 5.91 Å². The van der Waals surface area contributed by atoms with E-state index in [2.05, 4.69) is 0 Å². The van der Waals surface area contributed by atoms with Crippen molar-refractivity contribution in [1.29, 1.82) is 0 Å². The van der Waals surface area contributed by atoms with Gasteiger partial charge in [-0.3, -0.25) is 4.79 Å². The third-order valence-corrected chi connectivity index (χ3v) is 3.23. The maximum absolute atomic E-state index is 12.0. The van der Waals surface area contributed by atoms with Crippen LogP contribution in [0, 0.1) is 0 Å². The summed E-state index contributed by atoms with van der Waals surface area (Å²) < 4.78 is 5.60. The first-order valence-corrected chi connectivity index (χ1v) is 6.87. The van der Waals surface area contributed by atoms with Gasteiger partial charge in [0.1, 0.15) is 0 Å². The number of hydrogen-bond acceptors (Lipinski definition) is 3. The Labute approximate surface area is 104 Å². The summed E-state index contributed by atoms with van der Waals surface area (Å²) in [6.45, 7) is 5.16. The highest BCUT2D eigenvalue weighted by Gasteiger charge is 2.23. The van der Waals surface area contributed by atoms with Crippen LogP contribution in [0.5, 0.6) is 0 Å². The van der Waals surface area contributed by atoms with Crippen molar-refractivity contribution < 1.29 is 9.53 Å². The average Bonchev–Trinajstić information content (AvgIpc) is 2.35. The molecule has 1 saturated heterocycles. The highest BCUT2D eigenvalue weighted by atomic mass is 16.5. The number of nitrogens with zero attached hydrogens (tertiary/aromatic N) is 1.